The fourth-order valence-electron chi connectivity index (χ4n) is 1.64. The summed E-state index contributed by atoms with van der Waals surface area (Å²) in [7, 11) is 0. The second kappa shape index (κ2) is 5.81. The number of aromatic nitrogens is 2. The average molecular weight is 258 g/mol. The summed E-state index contributed by atoms with van der Waals surface area (Å²) in [6, 6.07) is 7.06. The molecule has 2 heterocycles. The number of anilines is 2. The Kier molecular flexibility index (Phi) is 3.92. The number of pyridine rings is 2. The normalized spacial score (nSPS) is 10.1. The molecule has 0 amide bonds. The Bertz CT molecular complexity index is 572. The topological polar surface area (TPSA) is 101 Å². The van der Waals surface area contributed by atoms with E-state index in [1.54, 1.807) is 6.20 Å². The molecule has 0 radical (unpaired) electrons. The number of carboxylic acids is 1. The maximum atomic E-state index is 11.1. The van der Waals surface area contributed by atoms with E-state index in [0.717, 1.165) is 5.69 Å². The van der Waals surface area contributed by atoms with Crippen molar-refractivity contribution in [1.82, 2.24) is 9.97 Å². The lowest BCUT2D eigenvalue weighted by molar-refractivity contribution is 0.0697. The molecule has 4 N–H and O–H groups in total. The lowest BCUT2D eigenvalue weighted by atomic mass is 10.2. The molecule has 0 unspecified atom stereocenters. The molecule has 6 heteroatoms. The van der Waals surface area contributed by atoms with E-state index in [1.165, 1.54) is 12.3 Å². The van der Waals surface area contributed by atoms with Crippen molar-refractivity contribution >= 4 is 17.5 Å². The second-order valence-electron chi connectivity index (χ2n) is 3.97. The SMILES string of the molecule is Nc1cnc(NCCc2ccccn2)c(C(=O)O)c1. The van der Waals surface area contributed by atoms with Gasteiger partial charge in [-0.05, 0) is 18.2 Å². The van der Waals surface area contributed by atoms with E-state index in [1.807, 2.05) is 18.2 Å². The van der Waals surface area contributed by atoms with Gasteiger partial charge in [0.05, 0.1) is 11.9 Å². The van der Waals surface area contributed by atoms with Crippen LogP contribution in [0.5, 0.6) is 0 Å². The highest BCUT2D eigenvalue weighted by molar-refractivity contribution is 5.94. The van der Waals surface area contributed by atoms with Gasteiger partial charge in [-0.15, -0.1) is 0 Å². The number of carbonyl (C=O) groups is 1. The van der Waals surface area contributed by atoms with Gasteiger partial charge in [0.2, 0.25) is 0 Å². The predicted molar refractivity (Wildman–Crippen MR) is 72.0 cm³/mol. The minimum atomic E-state index is -1.06. The van der Waals surface area contributed by atoms with Gasteiger partial charge in [-0.2, -0.15) is 0 Å². The number of aromatic carboxylic acids is 1. The van der Waals surface area contributed by atoms with E-state index >= 15 is 0 Å². The summed E-state index contributed by atoms with van der Waals surface area (Å²) in [4.78, 5) is 19.2. The maximum Gasteiger partial charge on any atom is 0.339 e. The zero-order valence-corrected chi connectivity index (χ0v) is 10.2. The van der Waals surface area contributed by atoms with Gasteiger partial charge in [0.15, 0.2) is 0 Å². The summed E-state index contributed by atoms with van der Waals surface area (Å²) in [5.41, 5.74) is 6.85. The quantitative estimate of drug-likeness (QED) is 0.749. The number of nitrogens with one attached hydrogen (secondary N) is 1. The first-order valence-corrected chi connectivity index (χ1v) is 5.79. The van der Waals surface area contributed by atoms with Gasteiger partial charge in [0, 0.05) is 24.9 Å². The highest BCUT2D eigenvalue weighted by atomic mass is 16.4. The van der Waals surface area contributed by atoms with Gasteiger partial charge < -0.3 is 16.2 Å². The molecule has 0 aliphatic rings. The van der Waals surface area contributed by atoms with Crippen LogP contribution in [0.1, 0.15) is 16.1 Å². The predicted octanol–water partition coefficient (Wildman–Crippen LogP) is 1.41. The molecule has 98 valence electrons. The zero-order chi connectivity index (χ0) is 13.7. The minimum Gasteiger partial charge on any atom is -0.478 e. The van der Waals surface area contributed by atoms with Crippen LogP contribution >= 0.6 is 0 Å². The lowest BCUT2D eigenvalue weighted by Crippen LogP contribution is -2.12. The Morgan fingerprint density at radius 2 is 2.21 bits per heavy atom. The number of nitrogens with zero attached hydrogens (tertiary/aromatic N) is 2. The van der Waals surface area contributed by atoms with E-state index in [-0.39, 0.29) is 5.56 Å². The molecule has 2 rings (SSSR count). The summed E-state index contributed by atoms with van der Waals surface area (Å²) in [5, 5.41) is 12.0. The first-order chi connectivity index (χ1) is 9.16. The molecule has 0 bridgehead atoms. The number of carboxylic acid groups (broad SMARTS) is 1. The Morgan fingerprint density at radius 1 is 1.37 bits per heavy atom. The first kappa shape index (κ1) is 12.8. The third-order valence-electron chi connectivity index (χ3n) is 2.54. The van der Waals surface area contributed by atoms with Crippen molar-refractivity contribution in [3.63, 3.8) is 0 Å². The molecule has 19 heavy (non-hydrogen) atoms. The van der Waals surface area contributed by atoms with E-state index < -0.39 is 5.97 Å². The minimum absolute atomic E-state index is 0.0704. The van der Waals surface area contributed by atoms with Crippen LogP contribution in [0.15, 0.2) is 36.7 Å². The average Bonchev–Trinajstić information content (AvgIpc) is 2.41. The van der Waals surface area contributed by atoms with Crippen molar-refractivity contribution in [2.75, 3.05) is 17.6 Å². The number of nitrogens with two attached hydrogens (primary N) is 1. The molecule has 6 nitrogen and oxygen atoms in total. The number of nitrogen functional groups attached to an aromatic ring is 1. The fourth-order valence-corrected chi connectivity index (χ4v) is 1.64. The van der Waals surface area contributed by atoms with Crippen LogP contribution in [0.3, 0.4) is 0 Å². The molecule has 2 aromatic heterocycles. The third kappa shape index (κ3) is 3.41. The van der Waals surface area contributed by atoms with Gasteiger partial charge in [-0.25, -0.2) is 9.78 Å². The van der Waals surface area contributed by atoms with Gasteiger partial charge in [0.25, 0.3) is 0 Å². The molecule has 0 saturated carbocycles. The Hall–Kier alpha value is -2.63. The van der Waals surface area contributed by atoms with E-state index in [0.29, 0.717) is 24.5 Å². The first-order valence-electron chi connectivity index (χ1n) is 5.79. The summed E-state index contributed by atoms with van der Waals surface area (Å²) in [6.07, 6.45) is 3.83. The Labute approximate surface area is 110 Å². The standard InChI is InChI=1S/C13H14N4O2/c14-9-7-11(13(18)19)12(17-8-9)16-6-4-10-3-1-2-5-15-10/h1-3,5,7-8H,4,6,14H2,(H,16,17)(H,18,19). The van der Waals surface area contributed by atoms with Gasteiger partial charge >= 0.3 is 5.97 Å². The highest BCUT2D eigenvalue weighted by Gasteiger charge is 2.11. The number of hydrogen-bond donors (Lipinski definition) is 3. The van der Waals surface area contributed by atoms with E-state index in [4.69, 9.17) is 10.8 Å². The fraction of sp³-hybridized carbons (Fsp3) is 0.154. The van der Waals surface area contributed by atoms with Crippen LogP contribution in [-0.2, 0) is 6.42 Å². The molecule has 0 atom stereocenters. The van der Waals surface area contributed by atoms with Crippen molar-refractivity contribution in [1.29, 1.82) is 0 Å². The summed E-state index contributed by atoms with van der Waals surface area (Å²) >= 11 is 0. The van der Waals surface area contributed by atoms with E-state index in [2.05, 4.69) is 15.3 Å². The summed E-state index contributed by atoms with van der Waals surface area (Å²) < 4.78 is 0. The van der Waals surface area contributed by atoms with Crippen molar-refractivity contribution < 1.29 is 9.90 Å². The molecule has 0 spiro atoms. The summed E-state index contributed by atoms with van der Waals surface area (Å²) in [6.45, 7) is 0.550. The molecular formula is C13H14N4O2. The zero-order valence-electron chi connectivity index (χ0n) is 10.2. The number of rotatable bonds is 5. The van der Waals surface area contributed by atoms with E-state index in [9.17, 15) is 4.79 Å². The lowest BCUT2D eigenvalue weighted by Gasteiger charge is -2.08. The Morgan fingerprint density at radius 3 is 2.89 bits per heavy atom. The maximum absolute atomic E-state index is 11.1. The Balaban J connectivity index is 2.02. The van der Waals surface area contributed by atoms with Crippen molar-refractivity contribution in [3.8, 4) is 0 Å². The molecule has 0 saturated heterocycles. The molecule has 0 fully saturated rings. The monoisotopic (exact) mass is 258 g/mol. The van der Waals surface area contributed by atoms with Crippen LogP contribution in [-0.4, -0.2) is 27.6 Å². The van der Waals surface area contributed by atoms with Crippen molar-refractivity contribution in [2.45, 2.75) is 6.42 Å². The molecule has 0 aliphatic heterocycles. The van der Waals surface area contributed by atoms with Crippen LogP contribution in [0.25, 0.3) is 0 Å². The highest BCUT2D eigenvalue weighted by Crippen LogP contribution is 2.15. The smallest absolute Gasteiger partial charge is 0.339 e. The van der Waals surface area contributed by atoms with Crippen LogP contribution < -0.4 is 11.1 Å². The third-order valence-corrected chi connectivity index (χ3v) is 2.54. The summed E-state index contributed by atoms with van der Waals surface area (Å²) in [5.74, 6) is -0.738. The van der Waals surface area contributed by atoms with Gasteiger partial charge in [-0.1, -0.05) is 6.07 Å². The van der Waals surface area contributed by atoms with Crippen LogP contribution in [0.4, 0.5) is 11.5 Å². The van der Waals surface area contributed by atoms with Crippen LogP contribution in [0.2, 0.25) is 0 Å². The molecular weight excluding hydrogens is 244 g/mol. The van der Waals surface area contributed by atoms with Crippen LogP contribution in [0, 0.1) is 0 Å². The largest absolute Gasteiger partial charge is 0.478 e. The molecule has 0 aromatic carbocycles. The van der Waals surface area contributed by atoms with Crippen molar-refractivity contribution in [3.05, 3.63) is 47.9 Å². The molecule has 2 aromatic rings. The van der Waals surface area contributed by atoms with Gasteiger partial charge in [-0.3, -0.25) is 4.98 Å². The van der Waals surface area contributed by atoms with Gasteiger partial charge in [0.1, 0.15) is 11.4 Å². The molecule has 0 aliphatic carbocycles. The number of hydrogen-bond acceptors (Lipinski definition) is 5. The second-order valence-corrected chi connectivity index (χ2v) is 3.97. The van der Waals surface area contributed by atoms with Crippen molar-refractivity contribution in [2.24, 2.45) is 0 Å².